The third kappa shape index (κ3) is 3.98. The highest BCUT2D eigenvalue weighted by molar-refractivity contribution is 5.83. The van der Waals surface area contributed by atoms with Gasteiger partial charge in [0.2, 0.25) is 5.91 Å². The number of nitrogens with two attached hydrogens (primary N) is 1. The SMILES string of the molecule is CCC(C)C(N)C(=O)NCC(CC)(CC)C(=O)O. The van der Waals surface area contributed by atoms with Crippen LogP contribution in [-0.2, 0) is 9.59 Å². The summed E-state index contributed by atoms with van der Waals surface area (Å²) in [7, 11) is 0. The first-order chi connectivity index (χ1) is 8.34. The molecule has 0 saturated heterocycles. The van der Waals surface area contributed by atoms with Gasteiger partial charge in [0.25, 0.3) is 0 Å². The lowest BCUT2D eigenvalue weighted by atomic mass is 9.82. The van der Waals surface area contributed by atoms with E-state index in [0.29, 0.717) is 12.8 Å². The first-order valence-electron chi connectivity index (χ1n) is 6.61. The zero-order chi connectivity index (χ0) is 14.3. The van der Waals surface area contributed by atoms with E-state index in [2.05, 4.69) is 5.32 Å². The topological polar surface area (TPSA) is 92.4 Å². The summed E-state index contributed by atoms with van der Waals surface area (Å²) in [6.45, 7) is 7.65. The third-order valence-electron chi connectivity index (χ3n) is 3.97. The second-order valence-electron chi connectivity index (χ2n) is 4.92. The van der Waals surface area contributed by atoms with Crippen LogP contribution >= 0.6 is 0 Å². The lowest BCUT2D eigenvalue weighted by molar-refractivity contribution is -0.149. The van der Waals surface area contributed by atoms with Crippen molar-refractivity contribution in [1.82, 2.24) is 5.32 Å². The second-order valence-corrected chi connectivity index (χ2v) is 4.92. The van der Waals surface area contributed by atoms with Crippen LogP contribution in [0.15, 0.2) is 0 Å². The highest BCUT2D eigenvalue weighted by Crippen LogP contribution is 2.25. The molecule has 0 saturated carbocycles. The maximum atomic E-state index is 11.8. The molecular formula is C13H26N2O3. The Morgan fingerprint density at radius 3 is 2.11 bits per heavy atom. The third-order valence-corrected chi connectivity index (χ3v) is 3.97. The Bertz CT molecular complexity index is 288. The number of aliphatic carboxylic acids is 1. The van der Waals surface area contributed by atoms with Crippen molar-refractivity contribution in [2.24, 2.45) is 17.1 Å². The Kier molecular flexibility index (Phi) is 6.91. The molecule has 18 heavy (non-hydrogen) atoms. The van der Waals surface area contributed by atoms with Crippen molar-refractivity contribution in [2.75, 3.05) is 6.54 Å². The molecule has 0 aromatic rings. The van der Waals surface area contributed by atoms with E-state index in [0.717, 1.165) is 6.42 Å². The van der Waals surface area contributed by atoms with Crippen LogP contribution < -0.4 is 11.1 Å². The van der Waals surface area contributed by atoms with Gasteiger partial charge in [-0.05, 0) is 18.8 Å². The number of carboxylic acids is 1. The first kappa shape index (κ1) is 16.9. The van der Waals surface area contributed by atoms with Crippen molar-refractivity contribution in [3.8, 4) is 0 Å². The number of hydrogen-bond acceptors (Lipinski definition) is 3. The Hall–Kier alpha value is -1.10. The molecule has 0 heterocycles. The Labute approximate surface area is 109 Å². The van der Waals surface area contributed by atoms with Gasteiger partial charge in [0.05, 0.1) is 11.5 Å². The van der Waals surface area contributed by atoms with Crippen LogP contribution in [0.2, 0.25) is 0 Å². The lowest BCUT2D eigenvalue weighted by Gasteiger charge is -2.28. The zero-order valence-corrected chi connectivity index (χ0v) is 11.8. The molecule has 0 rings (SSSR count). The smallest absolute Gasteiger partial charge is 0.311 e. The van der Waals surface area contributed by atoms with Crippen molar-refractivity contribution in [3.05, 3.63) is 0 Å². The minimum atomic E-state index is -0.884. The molecule has 106 valence electrons. The number of carbonyl (C=O) groups is 2. The van der Waals surface area contributed by atoms with Crippen LogP contribution in [0.25, 0.3) is 0 Å². The fraction of sp³-hybridized carbons (Fsp3) is 0.846. The van der Waals surface area contributed by atoms with Gasteiger partial charge in [0.1, 0.15) is 0 Å². The zero-order valence-electron chi connectivity index (χ0n) is 11.8. The summed E-state index contributed by atoms with van der Waals surface area (Å²) < 4.78 is 0. The summed E-state index contributed by atoms with van der Waals surface area (Å²) in [4.78, 5) is 23.1. The maximum absolute atomic E-state index is 11.8. The van der Waals surface area contributed by atoms with Crippen LogP contribution in [0, 0.1) is 11.3 Å². The largest absolute Gasteiger partial charge is 0.481 e. The second kappa shape index (κ2) is 7.36. The molecule has 5 nitrogen and oxygen atoms in total. The standard InChI is InChI=1S/C13H26N2O3/c1-5-9(4)10(14)11(16)15-8-13(6-2,7-3)12(17)18/h9-10H,5-8,14H2,1-4H3,(H,15,16)(H,17,18). The van der Waals surface area contributed by atoms with Gasteiger partial charge in [-0.25, -0.2) is 0 Å². The summed E-state index contributed by atoms with van der Waals surface area (Å²) >= 11 is 0. The van der Waals surface area contributed by atoms with Gasteiger partial charge in [-0.1, -0.05) is 34.1 Å². The highest BCUT2D eigenvalue weighted by atomic mass is 16.4. The van der Waals surface area contributed by atoms with E-state index in [4.69, 9.17) is 5.73 Å². The summed E-state index contributed by atoms with van der Waals surface area (Å²) in [6.07, 6.45) is 1.79. The molecule has 0 aliphatic heterocycles. The molecule has 0 radical (unpaired) electrons. The lowest BCUT2D eigenvalue weighted by Crippen LogP contribution is -2.49. The molecule has 5 heteroatoms. The van der Waals surface area contributed by atoms with E-state index in [1.165, 1.54) is 0 Å². The quantitative estimate of drug-likeness (QED) is 0.613. The Balaban J connectivity index is 4.54. The Morgan fingerprint density at radius 2 is 1.78 bits per heavy atom. The Morgan fingerprint density at radius 1 is 1.28 bits per heavy atom. The van der Waals surface area contributed by atoms with E-state index >= 15 is 0 Å². The first-order valence-corrected chi connectivity index (χ1v) is 6.61. The number of amides is 1. The molecule has 0 aliphatic carbocycles. The molecule has 0 spiro atoms. The van der Waals surface area contributed by atoms with E-state index in [9.17, 15) is 14.7 Å². The van der Waals surface area contributed by atoms with Crippen molar-refractivity contribution >= 4 is 11.9 Å². The average Bonchev–Trinajstić information content (AvgIpc) is 2.37. The van der Waals surface area contributed by atoms with Gasteiger partial charge in [0, 0.05) is 6.54 Å². The van der Waals surface area contributed by atoms with Crippen molar-refractivity contribution < 1.29 is 14.7 Å². The molecule has 0 aliphatic rings. The maximum Gasteiger partial charge on any atom is 0.311 e. The molecule has 2 unspecified atom stereocenters. The van der Waals surface area contributed by atoms with E-state index in [1.54, 1.807) is 0 Å². The van der Waals surface area contributed by atoms with Gasteiger partial charge in [0.15, 0.2) is 0 Å². The van der Waals surface area contributed by atoms with E-state index in [-0.39, 0.29) is 18.4 Å². The van der Waals surface area contributed by atoms with Crippen LogP contribution in [0.5, 0.6) is 0 Å². The van der Waals surface area contributed by atoms with Crippen LogP contribution in [0.4, 0.5) is 0 Å². The number of carbonyl (C=O) groups excluding carboxylic acids is 1. The van der Waals surface area contributed by atoms with E-state index in [1.807, 2.05) is 27.7 Å². The van der Waals surface area contributed by atoms with Gasteiger partial charge >= 0.3 is 5.97 Å². The van der Waals surface area contributed by atoms with Crippen LogP contribution in [0.1, 0.15) is 47.0 Å². The molecule has 0 bridgehead atoms. The summed E-state index contributed by atoms with van der Waals surface area (Å²) in [5, 5.41) is 11.9. The summed E-state index contributed by atoms with van der Waals surface area (Å²) in [5.74, 6) is -1.05. The average molecular weight is 258 g/mol. The number of rotatable bonds is 8. The summed E-state index contributed by atoms with van der Waals surface area (Å²) in [5.41, 5.74) is 4.92. The minimum absolute atomic E-state index is 0.0903. The van der Waals surface area contributed by atoms with Crippen molar-refractivity contribution in [2.45, 2.75) is 53.0 Å². The molecule has 1 amide bonds. The number of carboxylic acid groups (broad SMARTS) is 1. The van der Waals surface area contributed by atoms with Crippen molar-refractivity contribution in [3.63, 3.8) is 0 Å². The fourth-order valence-electron chi connectivity index (χ4n) is 1.76. The molecule has 0 aromatic carbocycles. The van der Waals surface area contributed by atoms with Gasteiger partial charge in [-0.3, -0.25) is 9.59 Å². The van der Waals surface area contributed by atoms with Crippen LogP contribution in [-0.4, -0.2) is 29.6 Å². The highest BCUT2D eigenvalue weighted by Gasteiger charge is 2.35. The van der Waals surface area contributed by atoms with Crippen molar-refractivity contribution in [1.29, 1.82) is 0 Å². The predicted molar refractivity (Wildman–Crippen MR) is 71.1 cm³/mol. The monoisotopic (exact) mass is 258 g/mol. The minimum Gasteiger partial charge on any atom is -0.481 e. The van der Waals surface area contributed by atoms with Gasteiger partial charge < -0.3 is 16.2 Å². The molecule has 0 aromatic heterocycles. The molecule has 4 N–H and O–H groups in total. The summed E-state index contributed by atoms with van der Waals surface area (Å²) in [6, 6.07) is -0.574. The van der Waals surface area contributed by atoms with Gasteiger partial charge in [-0.15, -0.1) is 0 Å². The molecule has 0 fully saturated rings. The van der Waals surface area contributed by atoms with Crippen LogP contribution in [0.3, 0.4) is 0 Å². The predicted octanol–water partition coefficient (Wildman–Crippen LogP) is 1.37. The fourth-order valence-corrected chi connectivity index (χ4v) is 1.76. The van der Waals surface area contributed by atoms with E-state index < -0.39 is 17.4 Å². The number of nitrogens with one attached hydrogen (secondary N) is 1. The normalized spacial score (nSPS) is 14.9. The number of hydrogen-bond donors (Lipinski definition) is 3. The molecular weight excluding hydrogens is 232 g/mol. The molecule has 2 atom stereocenters. The van der Waals surface area contributed by atoms with Gasteiger partial charge in [-0.2, -0.15) is 0 Å².